The summed E-state index contributed by atoms with van der Waals surface area (Å²) in [5.41, 5.74) is 3.91. The predicted molar refractivity (Wildman–Crippen MR) is 57.5 cm³/mol. The molecular weight excluding hydrogens is 156 g/mol. The highest BCUT2D eigenvalue weighted by molar-refractivity contribution is 5.49. The number of allylic oxidation sites excluding steroid dienone is 4. The Bertz CT molecular complexity index is 280. The lowest BCUT2D eigenvalue weighted by molar-refractivity contribution is 0.341. The van der Waals surface area contributed by atoms with Gasteiger partial charge in [0.25, 0.3) is 0 Å². The van der Waals surface area contributed by atoms with Crippen LogP contribution in [0.5, 0.6) is 0 Å². The lowest BCUT2D eigenvalue weighted by atomic mass is 9.79. The van der Waals surface area contributed by atoms with E-state index in [0.717, 1.165) is 11.8 Å². The van der Waals surface area contributed by atoms with Crippen molar-refractivity contribution in [3.8, 4) is 0 Å². The normalized spacial score (nSPS) is 32.7. The number of rotatable bonds is 1. The highest BCUT2D eigenvalue weighted by atomic mass is 14.4. The quantitative estimate of drug-likeness (QED) is 0.566. The van der Waals surface area contributed by atoms with Crippen molar-refractivity contribution in [2.24, 2.45) is 11.8 Å². The standard InChI is InChI=1S/C13H18/c1-9(2)13-8-11-6-4-5-7-12(11)10(13)3/h8,11-12H,1,3-7H2,2H3/t11-,12-/m1/s1. The third-order valence-corrected chi connectivity index (χ3v) is 3.45. The highest BCUT2D eigenvalue weighted by Crippen LogP contribution is 2.45. The van der Waals surface area contributed by atoms with E-state index in [1.165, 1.54) is 42.4 Å². The van der Waals surface area contributed by atoms with Crippen molar-refractivity contribution >= 4 is 0 Å². The minimum atomic E-state index is 0.750. The molecular formula is C13H18. The first-order chi connectivity index (χ1) is 6.20. The third-order valence-electron chi connectivity index (χ3n) is 3.45. The molecule has 2 aliphatic rings. The van der Waals surface area contributed by atoms with Gasteiger partial charge in [0.05, 0.1) is 0 Å². The Kier molecular flexibility index (Phi) is 2.15. The second-order valence-electron chi connectivity index (χ2n) is 4.44. The van der Waals surface area contributed by atoms with Crippen molar-refractivity contribution in [1.82, 2.24) is 0 Å². The molecule has 0 amide bonds. The van der Waals surface area contributed by atoms with Crippen molar-refractivity contribution in [2.75, 3.05) is 0 Å². The van der Waals surface area contributed by atoms with Gasteiger partial charge < -0.3 is 0 Å². The Morgan fingerprint density at radius 1 is 1.38 bits per heavy atom. The van der Waals surface area contributed by atoms with Crippen molar-refractivity contribution in [1.29, 1.82) is 0 Å². The molecule has 0 unspecified atom stereocenters. The van der Waals surface area contributed by atoms with Crippen LogP contribution in [0, 0.1) is 11.8 Å². The van der Waals surface area contributed by atoms with Gasteiger partial charge in [-0.1, -0.05) is 37.6 Å². The fourth-order valence-electron chi connectivity index (χ4n) is 2.73. The summed E-state index contributed by atoms with van der Waals surface area (Å²) in [4.78, 5) is 0. The first kappa shape index (κ1) is 8.80. The van der Waals surface area contributed by atoms with Crippen LogP contribution in [0.1, 0.15) is 32.6 Å². The van der Waals surface area contributed by atoms with E-state index in [0.29, 0.717) is 0 Å². The molecule has 0 radical (unpaired) electrons. The van der Waals surface area contributed by atoms with E-state index in [1.807, 2.05) is 0 Å². The summed E-state index contributed by atoms with van der Waals surface area (Å²) in [6, 6.07) is 0. The molecule has 0 heterocycles. The van der Waals surface area contributed by atoms with Crippen LogP contribution in [0.2, 0.25) is 0 Å². The Labute approximate surface area is 81.0 Å². The molecule has 0 aromatic carbocycles. The van der Waals surface area contributed by atoms with Crippen LogP contribution < -0.4 is 0 Å². The maximum Gasteiger partial charge on any atom is -0.00986 e. The predicted octanol–water partition coefficient (Wildman–Crippen LogP) is 3.87. The van der Waals surface area contributed by atoms with Gasteiger partial charge in [-0.15, -0.1) is 0 Å². The van der Waals surface area contributed by atoms with E-state index < -0.39 is 0 Å². The first-order valence-electron chi connectivity index (χ1n) is 5.27. The molecule has 0 spiro atoms. The maximum atomic E-state index is 4.21. The molecule has 1 fully saturated rings. The van der Waals surface area contributed by atoms with Gasteiger partial charge in [-0.2, -0.15) is 0 Å². The van der Waals surface area contributed by atoms with Gasteiger partial charge in [0.1, 0.15) is 0 Å². The summed E-state index contributed by atoms with van der Waals surface area (Å²) >= 11 is 0. The lowest BCUT2D eigenvalue weighted by Crippen LogP contribution is -2.14. The van der Waals surface area contributed by atoms with Gasteiger partial charge in [0.15, 0.2) is 0 Å². The molecule has 0 N–H and O–H groups in total. The number of fused-ring (bicyclic) bond motifs is 1. The van der Waals surface area contributed by atoms with Gasteiger partial charge >= 0.3 is 0 Å². The molecule has 1 saturated carbocycles. The van der Waals surface area contributed by atoms with Crippen molar-refractivity contribution < 1.29 is 0 Å². The molecule has 0 aliphatic heterocycles. The summed E-state index contributed by atoms with van der Waals surface area (Å²) in [5, 5.41) is 0. The van der Waals surface area contributed by atoms with Crippen LogP contribution in [-0.2, 0) is 0 Å². The SMILES string of the molecule is C=C(C)C1=C[C@H]2CCCC[C@@H]2C1=C. The molecule has 0 aromatic heterocycles. The van der Waals surface area contributed by atoms with Gasteiger partial charge in [0, 0.05) is 0 Å². The fraction of sp³-hybridized carbons (Fsp3) is 0.538. The van der Waals surface area contributed by atoms with E-state index in [2.05, 4.69) is 26.2 Å². The molecule has 0 heteroatoms. The summed E-state index contributed by atoms with van der Waals surface area (Å²) in [5.74, 6) is 1.54. The topological polar surface area (TPSA) is 0 Å². The average Bonchev–Trinajstić information content (AvgIpc) is 2.45. The monoisotopic (exact) mass is 174 g/mol. The van der Waals surface area contributed by atoms with Gasteiger partial charge in [-0.05, 0) is 42.7 Å². The molecule has 0 bridgehead atoms. The van der Waals surface area contributed by atoms with E-state index in [1.54, 1.807) is 0 Å². The minimum Gasteiger partial charge on any atom is -0.0955 e. The average molecular weight is 174 g/mol. The Morgan fingerprint density at radius 3 is 2.69 bits per heavy atom. The second-order valence-corrected chi connectivity index (χ2v) is 4.44. The van der Waals surface area contributed by atoms with Gasteiger partial charge in [-0.3, -0.25) is 0 Å². The van der Waals surface area contributed by atoms with Gasteiger partial charge in [0.2, 0.25) is 0 Å². The van der Waals surface area contributed by atoms with Crippen LogP contribution in [0.3, 0.4) is 0 Å². The minimum absolute atomic E-state index is 0.750. The van der Waals surface area contributed by atoms with Crippen LogP contribution in [-0.4, -0.2) is 0 Å². The van der Waals surface area contributed by atoms with Crippen molar-refractivity contribution in [3.05, 3.63) is 36.0 Å². The third kappa shape index (κ3) is 1.39. The number of hydrogen-bond donors (Lipinski definition) is 0. The molecule has 2 rings (SSSR count). The van der Waals surface area contributed by atoms with E-state index in [4.69, 9.17) is 0 Å². The zero-order valence-corrected chi connectivity index (χ0v) is 8.47. The Hall–Kier alpha value is -0.780. The zero-order chi connectivity index (χ0) is 9.42. The molecule has 0 saturated heterocycles. The molecule has 2 atom stereocenters. The molecule has 70 valence electrons. The summed E-state index contributed by atoms with van der Waals surface area (Å²) < 4.78 is 0. The van der Waals surface area contributed by atoms with Crippen LogP contribution in [0.4, 0.5) is 0 Å². The van der Waals surface area contributed by atoms with Crippen LogP contribution in [0.25, 0.3) is 0 Å². The van der Waals surface area contributed by atoms with E-state index in [-0.39, 0.29) is 0 Å². The van der Waals surface area contributed by atoms with E-state index >= 15 is 0 Å². The Morgan fingerprint density at radius 2 is 2.08 bits per heavy atom. The fourth-order valence-corrected chi connectivity index (χ4v) is 2.73. The van der Waals surface area contributed by atoms with Gasteiger partial charge in [-0.25, -0.2) is 0 Å². The Balaban J connectivity index is 2.24. The van der Waals surface area contributed by atoms with Crippen LogP contribution in [0.15, 0.2) is 36.0 Å². The summed E-state index contributed by atoms with van der Waals surface area (Å²) in [7, 11) is 0. The smallest absolute Gasteiger partial charge is 0.00986 e. The first-order valence-corrected chi connectivity index (χ1v) is 5.27. The summed E-state index contributed by atoms with van der Waals surface area (Å²) in [6.07, 6.45) is 7.90. The largest absolute Gasteiger partial charge is 0.0955 e. The van der Waals surface area contributed by atoms with Crippen LogP contribution >= 0.6 is 0 Å². The highest BCUT2D eigenvalue weighted by Gasteiger charge is 2.32. The maximum absolute atomic E-state index is 4.21. The molecule has 0 aromatic rings. The number of hydrogen-bond acceptors (Lipinski definition) is 0. The lowest BCUT2D eigenvalue weighted by Gasteiger charge is -2.25. The molecule has 0 nitrogen and oxygen atoms in total. The summed E-state index contributed by atoms with van der Waals surface area (Å²) in [6.45, 7) is 10.3. The molecule has 2 aliphatic carbocycles. The van der Waals surface area contributed by atoms with Crippen molar-refractivity contribution in [2.45, 2.75) is 32.6 Å². The van der Waals surface area contributed by atoms with E-state index in [9.17, 15) is 0 Å². The second kappa shape index (κ2) is 3.17. The molecule has 13 heavy (non-hydrogen) atoms. The zero-order valence-electron chi connectivity index (χ0n) is 8.47. The van der Waals surface area contributed by atoms with Crippen molar-refractivity contribution in [3.63, 3.8) is 0 Å².